The van der Waals surface area contributed by atoms with Gasteiger partial charge in [-0.2, -0.15) is 11.8 Å². The molecule has 0 aliphatic rings. The van der Waals surface area contributed by atoms with E-state index in [0.29, 0.717) is 5.69 Å². The number of nitrogens with zero attached hydrogens (tertiary/aromatic N) is 1. The number of benzene rings is 1. The van der Waals surface area contributed by atoms with E-state index < -0.39 is 0 Å². The summed E-state index contributed by atoms with van der Waals surface area (Å²) >= 11 is 1.81. The van der Waals surface area contributed by atoms with E-state index in [-0.39, 0.29) is 5.82 Å². The molecule has 1 aromatic rings. The molecule has 0 fully saturated rings. The van der Waals surface area contributed by atoms with Gasteiger partial charge in [0.05, 0.1) is 0 Å². The largest absolute Gasteiger partial charge is 0.399 e. The van der Waals surface area contributed by atoms with E-state index in [1.165, 1.54) is 12.1 Å². The predicted molar refractivity (Wildman–Crippen MR) is 65.5 cm³/mol. The zero-order chi connectivity index (χ0) is 11.3. The van der Waals surface area contributed by atoms with Crippen LogP contribution in [0.5, 0.6) is 0 Å². The van der Waals surface area contributed by atoms with Crippen molar-refractivity contribution in [3.05, 3.63) is 29.6 Å². The fraction of sp³-hybridized carbons (Fsp3) is 0.455. The molecule has 0 amide bonds. The van der Waals surface area contributed by atoms with Crippen LogP contribution in [0.3, 0.4) is 0 Å². The van der Waals surface area contributed by atoms with E-state index in [4.69, 9.17) is 5.73 Å². The lowest BCUT2D eigenvalue weighted by atomic mass is 10.2. The van der Waals surface area contributed by atoms with Crippen molar-refractivity contribution in [2.24, 2.45) is 0 Å². The summed E-state index contributed by atoms with van der Waals surface area (Å²) in [5, 5.41) is 0. The lowest BCUT2D eigenvalue weighted by Gasteiger charge is -2.16. The normalized spacial score (nSPS) is 10.9. The van der Waals surface area contributed by atoms with E-state index >= 15 is 0 Å². The Hall–Kier alpha value is -0.740. The molecule has 0 atom stereocenters. The van der Waals surface area contributed by atoms with Gasteiger partial charge in [-0.1, -0.05) is 0 Å². The maximum Gasteiger partial charge on any atom is 0.125 e. The summed E-state index contributed by atoms with van der Waals surface area (Å²) < 4.78 is 13.0. The molecular formula is C11H17FN2S. The monoisotopic (exact) mass is 228 g/mol. The Bertz CT molecular complexity index is 297. The van der Waals surface area contributed by atoms with Crippen molar-refractivity contribution in [3.63, 3.8) is 0 Å². The van der Waals surface area contributed by atoms with E-state index in [2.05, 4.69) is 11.2 Å². The number of halogens is 1. The summed E-state index contributed by atoms with van der Waals surface area (Å²) in [4.78, 5) is 2.16. The summed E-state index contributed by atoms with van der Waals surface area (Å²) in [5.74, 6) is 0.824. The molecule has 0 aliphatic heterocycles. The molecule has 2 nitrogen and oxygen atoms in total. The van der Waals surface area contributed by atoms with Gasteiger partial charge in [0.15, 0.2) is 0 Å². The molecule has 0 saturated carbocycles. The van der Waals surface area contributed by atoms with Crippen LogP contribution >= 0.6 is 11.8 Å². The molecule has 2 N–H and O–H groups in total. The van der Waals surface area contributed by atoms with Crippen molar-refractivity contribution < 1.29 is 4.39 Å². The Labute approximate surface area is 94.6 Å². The molecule has 0 saturated heterocycles. The molecule has 0 spiro atoms. The Morgan fingerprint density at radius 2 is 2.13 bits per heavy atom. The first-order chi connectivity index (χ1) is 7.11. The van der Waals surface area contributed by atoms with Gasteiger partial charge in [-0.05, 0) is 37.1 Å². The topological polar surface area (TPSA) is 29.3 Å². The van der Waals surface area contributed by atoms with Crippen molar-refractivity contribution in [2.75, 3.05) is 31.3 Å². The highest BCUT2D eigenvalue weighted by Crippen LogP contribution is 2.12. The molecule has 0 radical (unpaired) electrons. The average molecular weight is 228 g/mol. The van der Waals surface area contributed by atoms with Crippen LogP contribution in [0.15, 0.2) is 18.2 Å². The Morgan fingerprint density at radius 3 is 2.73 bits per heavy atom. The van der Waals surface area contributed by atoms with E-state index in [1.54, 1.807) is 11.8 Å². The average Bonchev–Trinajstić information content (AvgIpc) is 2.13. The van der Waals surface area contributed by atoms with Gasteiger partial charge in [0, 0.05) is 24.5 Å². The quantitative estimate of drug-likeness (QED) is 0.783. The number of rotatable bonds is 5. The van der Waals surface area contributed by atoms with Crippen molar-refractivity contribution in [1.82, 2.24) is 4.90 Å². The molecule has 0 aliphatic carbocycles. The summed E-state index contributed by atoms with van der Waals surface area (Å²) in [6, 6.07) is 4.69. The van der Waals surface area contributed by atoms with Crippen LogP contribution in [0.2, 0.25) is 0 Å². The minimum absolute atomic E-state index is 0.261. The van der Waals surface area contributed by atoms with Crippen molar-refractivity contribution in [3.8, 4) is 0 Å². The number of nitrogen functional groups attached to an aromatic ring is 1. The molecule has 0 bridgehead atoms. The standard InChI is InChI=1S/C11H17FN2S/c1-14(3-4-15-2)8-9-5-10(12)7-11(13)6-9/h5-7H,3-4,8,13H2,1-2H3. The molecule has 15 heavy (non-hydrogen) atoms. The van der Waals surface area contributed by atoms with Crippen molar-refractivity contribution in [1.29, 1.82) is 0 Å². The van der Waals surface area contributed by atoms with Gasteiger partial charge < -0.3 is 10.6 Å². The second-order valence-electron chi connectivity index (χ2n) is 3.62. The fourth-order valence-corrected chi connectivity index (χ4v) is 1.90. The third kappa shape index (κ3) is 4.53. The summed E-state index contributed by atoms with van der Waals surface area (Å²) in [6.07, 6.45) is 2.08. The molecule has 1 rings (SSSR count). The number of hydrogen-bond acceptors (Lipinski definition) is 3. The first-order valence-corrected chi connectivity index (χ1v) is 6.23. The van der Waals surface area contributed by atoms with Crippen molar-refractivity contribution in [2.45, 2.75) is 6.54 Å². The van der Waals surface area contributed by atoms with Crippen LogP contribution in [0.25, 0.3) is 0 Å². The van der Waals surface area contributed by atoms with Gasteiger partial charge in [0.1, 0.15) is 5.82 Å². The molecule has 0 aromatic heterocycles. The number of anilines is 1. The predicted octanol–water partition coefficient (Wildman–Crippen LogP) is 2.20. The molecule has 4 heteroatoms. The summed E-state index contributed by atoms with van der Waals surface area (Å²) in [7, 11) is 2.03. The number of hydrogen-bond donors (Lipinski definition) is 1. The van der Waals surface area contributed by atoms with Gasteiger partial charge in [-0.3, -0.25) is 0 Å². The highest BCUT2D eigenvalue weighted by Gasteiger charge is 2.02. The Morgan fingerprint density at radius 1 is 1.40 bits per heavy atom. The van der Waals surface area contributed by atoms with Gasteiger partial charge in [-0.25, -0.2) is 4.39 Å². The Balaban J connectivity index is 2.56. The molecule has 0 heterocycles. The fourth-order valence-electron chi connectivity index (χ4n) is 1.40. The van der Waals surface area contributed by atoms with Crippen LogP contribution in [0, 0.1) is 5.82 Å². The molecular weight excluding hydrogens is 211 g/mol. The SMILES string of the molecule is CSCCN(C)Cc1cc(N)cc(F)c1. The Kier molecular flexibility index (Phi) is 4.91. The van der Waals surface area contributed by atoms with Crippen LogP contribution in [-0.2, 0) is 6.54 Å². The van der Waals surface area contributed by atoms with Crippen LogP contribution in [0.1, 0.15) is 5.56 Å². The zero-order valence-electron chi connectivity index (χ0n) is 9.16. The first kappa shape index (κ1) is 12.3. The van der Waals surface area contributed by atoms with Crippen molar-refractivity contribution >= 4 is 17.4 Å². The lowest BCUT2D eigenvalue weighted by molar-refractivity contribution is 0.348. The van der Waals surface area contributed by atoms with E-state index in [9.17, 15) is 4.39 Å². The summed E-state index contributed by atoms with van der Waals surface area (Å²) in [6.45, 7) is 1.74. The second-order valence-corrected chi connectivity index (χ2v) is 4.61. The minimum Gasteiger partial charge on any atom is -0.399 e. The van der Waals surface area contributed by atoms with Crippen LogP contribution < -0.4 is 5.73 Å². The highest BCUT2D eigenvalue weighted by atomic mass is 32.2. The van der Waals surface area contributed by atoms with Gasteiger partial charge >= 0.3 is 0 Å². The third-order valence-corrected chi connectivity index (χ3v) is 2.70. The summed E-state index contributed by atoms with van der Waals surface area (Å²) in [5.41, 5.74) is 6.99. The maximum atomic E-state index is 13.0. The van der Waals surface area contributed by atoms with E-state index in [0.717, 1.165) is 24.4 Å². The minimum atomic E-state index is -0.261. The second kappa shape index (κ2) is 5.98. The molecule has 0 unspecified atom stereocenters. The molecule has 84 valence electrons. The maximum absolute atomic E-state index is 13.0. The smallest absolute Gasteiger partial charge is 0.125 e. The highest BCUT2D eigenvalue weighted by molar-refractivity contribution is 7.98. The zero-order valence-corrected chi connectivity index (χ0v) is 9.98. The van der Waals surface area contributed by atoms with E-state index in [1.807, 2.05) is 13.1 Å². The van der Waals surface area contributed by atoms with Crippen LogP contribution in [0.4, 0.5) is 10.1 Å². The van der Waals surface area contributed by atoms with Crippen LogP contribution in [-0.4, -0.2) is 30.5 Å². The molecule has 1 aromatic carbocycles. The lowest BCUT2D eigenvalue weighted by Crippen LogP contribution is -2.20. The van der Waals surface area contributed by atoms with Gasteiger partial charge in [0.2, 0.25) is 0 Å². The third-order valence-electron chi connectivity index (χ3n) is 2.11. The van der Waals surface area contributed by atoms with Gasteiger partial charge in [-0.15, -0.1) is 0 Å². The number of nitrogens with two attached hydrogens (primary N) is 1. The number of thioether (sulfide) groups is 1. The first-order valence-electron chi connectivity index (χ1n) is 4.84. The van der Waals surface area contributed by atoms with Gasteiger partial charge in [0.25, 0.3) is 0 Å².